The Kier molecular flexibility index (Phi) is 9.41. The Bertz CT molecular complexity index is 3750. The Morgan fingerprint density at radius 1 is 0.188 bits per heavy atom. The molecule has 0 atom stereocenters. The molecule has 0 bridgehead atoms. The molecule has 0 N–H and O–H groups in total. The van der Waals surface area contributed by atoms with E-state index >= 15 is 0 Å². The number of hydrogen-bond acceptors (Lipinski definition) is 6. The summed E-state index contributed by atoms with van der Waals surface area (Å²) in [5.74, 6) is 0. The Hall–Kier alpha value is -9.00. The molecule has 0 aliphatic heterocycles. The van der Waals surface area contributed by atoms with E-state index in [1.54, 1.807) is 0 Å². The average Bonchev–Trinajstić information content (AvgIpc) is 3.40. The number of aryl methyl sites for hydroxylation is 3. The molecule has 0 unspecified atom stereocenters. The fraction of sp³-hybridized carbons (Fsp3) is 0.0476. The highest BCUT2D eigenvalue weighted by Crippen LogP contribution is 2.37. The van der Waals surface area contributed by atoms with Crippen molar-refractivity contribution in [2.45, 2.75) is 20.8 Å². The molecule has 0 spiro atoms. The van der Waals surface area contributed by atoms with Crippen LogP contribution in [-0.2, 0) is 0 Å². The summed E-state index contributed by atoms with van der Waals surface area (Å²) >= 11 is 0. The van der Waals surface area contributed by atoms with Crippen molar-refractivity contribution in [2.24, 2.45) is 0 Å². The Balaban J connectivity index is 1.01. The number of hydrogen-bond donors (Lipinski definition) is 0. The summed E-state index contributed by atoms with van der Waals surface area (Å²) in [6.07, 6.45) is 0. The fourth-order valence-corrected chi connectivity index (χ4v) is 9.51. The largest absolute Gasteiger partial charge is 0.245 e. The SMILES string of the molecule is Cc1ccc(-c2ccc3ccc4ccc(-c5cc(-c6ccc7ccc8ccc(-c9ccc(C)cc9)nc8c7n6)cc(-c6ccc7ccc8ccc(-c9ccc(C)cc9)nc8c7n6)c5)nc4c3n2)cc1. The van der Waals surface area contributed by atoms with E-state index in [-0.39, 0.29) is 0 Å². The van der Waals surface area contributed by atoms with Gasteiger partial charge in [0, 0.05) is 65.7 Å². The lowest BCUT2D eigenvalue weighted by atomic mass is 9.97. The molecule has 0 saturated heterocycles. The first-order chi connectivity index (χ1) is 33.8. The van der Waals surface area contributed by atoms with Gasteiger partial charge in [0.2, 0.25) is 0 Å². The molecule has 0 fully saturated rings. The molecule has 0 radical (unpaired) electrons. The van der Waals surface area contributed by atoms with Gasteiger partial charge in [-0.15, -0.1) is 0 Å². The average molecular weight is 883 g/mol. The van der Waals surface area contributed by atoms with Crippen molar-refractivity contribution in [1.82, 2.24) is 29.9 Å². The third-order valence-electron chi connectivity index (χ3n) is 13.4. The first-order valence-electron chi connectivity index (χ1n) is 23.3. The maximum atomic E-state index is 5.44. The van der Waals surface area contributed by atoms with Gasteiger partial charge < -0.3 is 0 Å². The highest BCUT2D eigenvalue weighted by Gasteiger charge is 2.16. The Labute approximate surface area is 398 Å². The van der Waals surface area contributed by atoms with Gasteiger partial charge in [-0.1, -0.05) is 162 Å². The minimum absolute atomic E-state index is 0.826. The molecule has 6 aromatic heterocycles. The van der Waals surface area contributed by atoms with Crippen molar-refractivity contribution in [3.05, 3.63) is 217 Å². The van der Waals surface area contributed by atoms with Crippen LogP contribution in [-0.4, -0.2) is 29.9 Å². The molecular formula is C63H42N6. The van der Waals surface area contributed by atoms with Crippen molar-refractivity contribution in [2.75, 3.05) is 0 Å². The Morgan fingerprint density at radius 2 is 0.362 bits per heavy atom. The zero-order valence-electron chi connectivity index (χ0n) is 38.2. The molecule has 69 heavy (non-hydrogen) atoms. The first-order valence-corrected chi connectivity index (χ1v) is 23.3. The molecule has 0 aliphatic rings. The van der Waals surface area contributed by atoms with E-state index in [1.807, 2.05) is 0 Å². The molecule has 6 nitrogen and oxygen atoms in total. The van der Waals surface area contributed by atoms with E-state index in [4.69, 9.17) is 29.9 Å². The van der Waals surface area contributed by atoms with Crippen LogP contribution in [0.1, 0.15) is 16.7 Å². The molecule has 13 rings (SSSR count). The number of rotatable bonds is 6. The van der Waals surface area contributed by atoms with Crippen LogP contribution in [0.15, 0.2) is 200 Å². The van der Waals surface area contributed by atoms with Gasteiger partial charge in [0.05, 0.1) is 67.3 Å². The lowest BCUT2D eigenvalue weighted by Crippen LogP contribution is -1.95. The van der Waals surface area contributed by atoms with Gasteiger partial charge in [0.15, 0.2) is 0 Å². The first kappa shape index (κ1) is 40.3. The molecule has 6 heteroatoms. The fourth-order valence-electron chi connectivity index (χ4n) is 9.51. The lowest BCUT2D eigenvalue weighted by Gasteiger charge is -2.13. The number of nitrogens with zero attached hydrogens (tertiary/aromatic N) is 6. The molecule has 0 aliphatic carbocycles. The molecule has 0 saturated carbocycles. The van der Waals surface area contributed by atoms with Crippen LogP contribution in [0.25, 0.3) is 133 Å². The van der Waals surface area contributed by atoms with Gasteiger partial charge in [-0.05, 0) is 75.4 Å². The number of benzene rings is 7. The zero-order chi connectivity index (χ0) is 46.2. The minimum Gasteiger partial charge on any atom is -0.245 e. The summed E-state index contributed by atoms with van der Waals surface area (Å²) < 4.78 is 0. The summed E-state index contributed by atoms with van der Waals surface area (Å²) in [6.45, 7) is 6.31. The second-order valence-corrected chi connectivity index (χ2v) is 18.2. The number of aromatic nitrogens is 6. The summed E-state index contributed by atoms with van der Waals surface area (Å²) in [5, 5.41) is 6.19. The van der Waals surface area contributed by atoms with E-state index in [0.717, 1.165) is 133 Å². The van der Waals surface area contributed by atoms with E-state index in [1.165, 1.54) is 16.7 Å². The van der Waals surface area contributed by atoms with Gasteiger partial charge in [0.25, 0.3) is 0 Å². The van der Waals surface area contributed by atoms with Crippen LogP contribution in [0.4, 0.5) is 0 Å². The predicted octanol–water partition coefficient (Wildman–Crippen LogP) is 15.9. The van der Waals surface area contributed by atoms with Crippen molar-refractivity contribution in [3.63, 3.8) is 0 Å². The molecule has 324 valence electrons. The highest BCUT2D eigenvalue weighted by atomic mass is 14.8. The van der Waals surface area contributed by atoms with Crippen LogP contribution >= 0.6 is 0 Å². The third kappa shape index (κ3) is 7.30. The standard InChI is InChI=1S/C63H42N6/c1-37-4-10-40(11-5-37)52-28-22-43-16-19-46-25-31-55(67-61(46)58(43)64-52)49-34-50(56-32-26-47-20-17-44-23-29-53(65-59(44)62(47)68-56)41-12-6-38(2)7-13-41)36-51(35-49)57-33-27-48-21-18-45-24-30-54(66-60(45)63(48)69-57)42-14-8-39(3)9-15-42/h4-36H,1-3H3. The van der Waals surface area contributed by atoms with Gasteiger partial charge in [-0.25, -0.2) is 29.9 Å². The zero-order valence-corrected chi connectivity index (χ0v) is 38.2. The van der Waals surface area contributed by atoms with Gasteiger partial charge in [-0.3, -0.25) is 0 Å². The van der Waals surface area contributed by atoms with Gasteiger partial charge in [-0.2, -0.15) is 0 Å². The van der Waals surface area contributed by atoms with Crippen molar-refractivity contribution in [1.29, 1.82) is 0 Å². The molecule has 6 heterocycles. The number of pyridine rings is 6. The van der Waals surface area contributed by atoms with Crippen LogP contribution < -0.4 is 0 Å². The summed E-state index contributed by atoms with van der Waals surface area (Å²) in [5.41, 5.74) is 20.0. The van der Waals surface area contributed by atoms with Crippen LogP contribution in [0, 0.1) is 20.8 Å². The maximum Gasteiger partial charge on any atom is 0.0972 e. The van der Waals surface area contributed by atoms with Crippen molar-refractivity contribution >= 4 is 65.4 Å². The summed E-state index contributed by atoms with van der Waals surface area (Å²) in [6, 6.07) is 70.4. The molecule has 0 amide bonds. The minimum atomic E-state index is 0.826. The van der Waals surface area contributed by atoms with E-state index in [9.17, 15) is 0 Å². The van der Waals surface area contributed by atoms with E-state index in [0.29, 0.717) is 0 Å². The van der Waals surface area contributed by atoms with Crippen molar-refractivity contribution in [3.8, 4) is 67.5 Å². The summed E-state index contributed by atoms with van der Waals surface area (Å²) in [7, 11) is 0. The van der Waals surface area contributed by atoms with Crippen molar-refractivity contribution < 1.29 is 0 Å². The maximum absolute atomic E-state index is 5.44. The van der Waals surface area contributed by atoms with Crippen LogP contribution in [0.5, 0.6) is 0 Å². The van der Waals surface area contributed by atoms with E-state index < -0.39 is 0 Å². The molecule has 7 aromatic carbocycles. The monoisotopic (exact) mass is 882 g/mol. The normalized spacial score (nSPS) is 11.7. The van der Waals surface area contributed by atoms with Crippen LogP contribution in [0.3, 0.4) is 0 Å². The summed E-state index contributed by atoms with van der Waals surface area (Å²) in [4.78, 5) is 32.0. The third-order valence-corrected chi connectivity index (χ3v) is 13.4. The topological polar surface area (TPSA) is 77.3 Å². The van der Waals surface area contributed by atoms with Gasteiger partial charge >= 0.3 is 0 Å². The number of fused-ring (bicyclic) bond motifs is 9. The van der Waals surface area contributed by atoms with Gasteiger partial charge in [0.1, 0.15) is 0 Å². The quantitative estimate of drug-likeness (QED) is 0.155. The lowest BCUT2D eigenvalue weighted by molar-refractivity contribution is 1.34. The highest BCUT2D eigenvalue weighted by molar-refractivity contribution is 6.07. The predicted molar refractivity (Wildman–Crippen MR) is 285 cm³/mol. The molecule has 13 aromatic rings. The second kappa shape index (κ2) is 16.1. The smallest absolute Gasteiger partial charge is 0.0972 e. The Morgan fingerprint density at radius 3 is 0.565 bits per heavy atom. The second-order valence-electron chi connectivity index (χ2n) is 18.2. The molecular weight excluding hydrogens is 841 g/mol. The van der Waals surface area contributed by atoms with E-state index in [2.05, 4.69) is 221 Å². The van der Waals surface area contributed by atoms with Crippen LogP contribution in [0.2, 0.25) is 0 Å².